The summed E-state index contributed by atoms with van der Waals surface area (Å²) in [6.45, 7) is 2.99. The van der Waals surface area contributed by atoms with Gasteiger partial charge >= 0.3 is 0 Å². The molecule has 0 unspecified atom stereocenters. The van der Waals surface area contributed by atoms with E-state index >= 15 is 0 Å². The number of rotatable bonds is 5. The summed E-state index contributed by atoms with van der Waals surface area (Å²) in [7, 11) is 3.15. The van der Waals surface area contributed by atoms with Crippen molar-refractivity contribution in [3.63, 3.8) is 0 Å². The molecule has 2 atom stereocenters. The number of carbonyl (C=O) groups is 1. The summed E-state index contributed by atoms with van der Waals surface area (Å²) in [6.07, 6.45) is 2.91. The Kier molecular flexibility index (Phi) is 6.15. The third-order valence-corrected chi connectivity index (χ3v) is 5.24. The molecule has 1 amide bonds. The third kappa shape index (κ3) is 4.25. The van der Waals surface area contributed by atoms with Crippen molar-refractivity contribution in [1.82, 2.24) is 5.32 Å². The van der Waals surface area contributed by atoms with Gasteiger partial charge in [-0.15, -0.1) is 0 Å². The minimum Gasteiger partial charge on any atom is -0.497 e. The number of amides is 1. The first kappa shape index (κ1) is 18.0. The molecule has 3 rings (SSSR count). The number of benzene rings is 1. The molecule has 1 aromatic rings. The molecule has 0 bridgehead atoms. The monoisotopic (exact) mass is 349 g/mol. The Balaban J connectivity index is 1.71. The zero-order valence-corrected chi connectivity index (χ0v) is 15.0. The Morgan fingerprint density at radius 1 is 1.08 bits per heavy atom. The van der Waals surface area contributed by atoms with Gasteiger partial charge in [-0.25, -0.2) is 0 Å². The average Bonchev–Trinajstić information content (AvgIpc) is 2.68. The summed E-state index contributed by atoms with van der Waals surface area (Å²) in [6, 6.07) is 5.37. The van der Waals surface area contributed by atoms with E-state index in [0.29, 0.717) is 42.1 Å². The quantitative estimate of drug-likeness (QED) is 0.883. The van der Waals surface area contributed by atoms with Crippen LogP contribution in [0.5, 0.6) is 11.5 Å². The number of hydrogen-bond acceptors (Lipinski definition) is 5. The van der Waals surface area contributed by atoms with Gasteiger partial charge < -0.3 is 24.3 Å². The molecule has 0 spiro atoms. The van der Waals surface area contributed by atoms with E-state index in [1.807, 2.05) is 0 Å². The Morgan fingerprint density at radius 2 is 1.84 bits per heavy atom. The van der Waals surface area contributed by atoms with Gasteiger partial charge in [0.25, 0.3) is 5.91 Å². The second-order valence-electron chi connectivity index (χ2n) is 6.62. The van der Waals surface area contributed by atoms with Crippen LogP contribution in [-0.2, 0) is 9.47 Å². The maximum absolute atomic E-state index is 12.8. The summed E-state index contributed by atoms with van der Waals surface area (Å²) in [4.78, 5) is 12.8. The van der Waals surface area contributed by atoms with Crippen molar-refractivity contribution < 1.29 is 23.7 Å². The van der Waals surface area contributed by atoms with Crippen LogP contribution in [0.25, 0.3) is 0 Å². The van der Waals surface area contributed by atoms with Crippen LogP contribution >= 0.6 is 0 Å². The normalized spacial score (nSPS) is 24.6. The number of hydrogen-bond donors (Lipinski definition) is 1. The van der Waals surface area contributed by atoms with E-state index in [4.69, 9.17) is 18.9 Å². The van der Waals surface area contributed by atoms with Crippen LogP contribution in [0.1, 0.15) is 29.6 Å². The first-order valence-electron chi connectivity index (χ1n) is 8.91. The lowest BCUT2D eigenvalue weighted by molar-refractivity contribution is -0.0259. The fraction of sp³-hybridized carbons (Fsp3) is 0.632. The number of carbonyl (C=O) groups excluding carboxylic acids is 1. The van der Waals surface area contributed by atoms with Crippen LogP contribution in [0, 0.1) is 11.8 Å². The molecule has 2 aliphatic heterocycles. The lowest BCUT2D eigenvalue weighted by atomic mass is 9.79. The summed E-state index contributed by atoms with van der Waals surface area (Å²) in [5, 5.41) is 3.21. The topological polar surface area (TPSA) is 66.0 Å². The fourth-order valence-corrected chi connectivity index (χ4v) is 3.78. The van der Waals surface area contributed by atoms with Gasteiger partial charge in [0.15, 0.2) is 0 Å². The highest BCUT2D eigenvalue weighted by Gasteiger charge is 2.34. The molecule has 25 heavy (non-hydrogen) atoms. The van der Waals surface area contributed by atoms with Gasteiger partial charge in [-0.2, -0.15) is 0 Å². The van der Waals surface area contributed by atoms with Crippen molar-refractivity contribution >= 4 is 5.91 Å². The van der Waals surface area contributed by atoms with Gasteiger partial charge in [0.05, 0.1) is 26.4 Å². The fourth-order valence-electron chi connectivity index (χ4n) is 3.78. The van der Waals surface area contributed by atoms with Crippen LogP contribution in [0.4, 0.5) is 0 Å². The molecule has 1 N–H and O–H groups in total. The lowest BCUT2D eigenvalue weighted by Gasteiger charge is -2.39. The van der Waals surface area contributed by atoms with Crippen molar-refractivity contribution in [2.45, 2.75) is 25.3 Å². The zero-order valence-electron chi connectivity index (χ0n) is 15.0. The lowest BCUT2D eigenvalue weighted by Crippen LogP contribution is -2.49. The van der Waals surface area contributed by atoms with Gasteiger partial charge in [-0.05, 0) is 37.3 Å². The first-order valence-corrected chi connectivity index (χ1v) is 8.91. The summed E-state index contributed by atoms with van der Waals surface area (Å²) >= 11 is 0. The van der Waals surface area contributed by atoms with E-state index in [1.165, 1.54) is 0 Å². The number of nitrogens with one attached hydrogen (secondary N) is 1. The van der Waals surface area contributed by atoms with E-state index < -0.39 is 0 Å². The van der Waals surface area contributed by atoms with Crippen molar-refractivity contribution in [2.75, 3.05) is 40.6 Å². The Bertz CT molecular complexity index is 585. The van der Waals surface area contributed by atoms with Gasteiger partial charge in [0.1, 0.15) is 11.5 Å². The van der Waals surface area contributed by atoms with E-state index in [2.05, 4.69) is 5.32 Å². The highest BCUT2D eigenvalue weighted by atomic mass is 16.5. The number of ether oxygens (including phenoxy) is 4. The molecule has 0 radical (unpaired) electrons. The van der Waals surface area contributed by atoms with E-state index in [1.54, 1.807) is 32.4 Å². The Hall–Kier alpha value is -1.79. The molecule has 138 valence electrons. The smallest absolute Gasteiger partial charge is 0.255 e. The largest absolute Gasteiger partial charge is 0.497 e. The molecule has 0 aliphatic carbocycles. The molecule has 1 aromatic carbocycles. The van der Waals surface area contributed by atoms with E-state index in [9.17, 15) is 4.79 Å². The van der Waals surface area contributed by atoms with Crippen molar-refractivity contribution in [1.29, 1.82) is 0 Å². The maximum Gasteiger partial charge on any atom is 0.255 e. The molecule has 2 heterocycles. The second-order valence-corrected chi connectivity index (χ2v) is 6.62. The molecule has 0 saturated carbocycles. The van der Waals surface area contributed by atoms with Crippen LogP contribution in [0.15, 0.2) is 18.2 Å². The minimum atomic E-state index is -0.108. The predicted molar refractivity (Wildman–Crippen MR) is 93.3 cm³/mol. The molecular weight excluding hydrogens is 322 g/mol. The van der Waals surface area contributed by atoms with E-state index in [-0.39, 0.29) is 11.9 Å². The standard InChI is InChI=1S/C19H27NO5/c1-22-14-3-4-15(18(11-14)23-2)19(21)20-17-7-10-25-12-16(17)13-5-8-24-9-6-13/h3-4,11,13,16-17H,5-10,12H2,1-2H3,(H,20,21)/t16-,17-/m0/s1. The Morgan fingerprint density at radius 3 is 2.56 bits per heavy atom. The molecule has 2 saturated heterocycles. The Labute approximate surface area is 148 Å². The average molecular weight is 349 g/mol. The van der Waals surface area contributed by atoms with Crippen LogP contribution in [-0.4, -0.2) is 52.6 Å². The molecule has 2 fully saturated rings. The highest BCUT2D eigenvalue weighted by Crippen LogP contribution is 2.31. The van der Waals surface area contributed by atoms with E-state index in [0.717, 1.165) is 32.5 Å². The number of methoxy groups -OCH3 is 2. The molecule has 2 aliphatic rings. The molecule has 6 nitrogen and oxygen atoms in total. The molecule has 0 aromatic heterocycles. The van der Waals surface area contributed by atoms with Gasteiger partial charge in [-0.1, -0.05) is 0 Å². The second kappa shape index (κ2) is 8.54. The van der Waals surface area contributed by atoms with Crippen LogP contribution in [0.2, 0.25) is 0 Å². The van der Waals surface area contributed by atoms with Crippen LogP contribution in [0.3, 0.4) is 0 Å². The van der Waals surface area contributed by atoms with Gasteiger partial charge in [-0.3, -0.25) is 4.79 Å². The third-order valence-electron chi connectivity index (χ3n) is 5.24. The van der Waals surface area contributed by atoms with Gasteiger partial charge in [0.2, 0.25) is 0 Å². The van der Waals surface area contributed by atoms with Crippen molar-refractivity contribution in [3.8, 4) is 11.5 Å². The SMILES string of the molecule is COc1ccc(C(=O)N[C@H]2CCOC[C@H]2C2CCOCC2)c(OC)c1. The van der Waals surface area contributed by atoms with Gasteiger partial charge in [0, 0.05) is 37.8 Å². The highest BCUT2D eigenvalue weighted by molar-refractivity contribution is 5.97. The zero-order chi connectivity index (χ0) is 17.6. The van der Waals surface area contributed by atoms with Crippen molar-refractivity contribution in [3.05, 3.63) is 23.8 Å². The first-order chi connectivity index (χ1) is 12.2. The van der Waals surface area contributed by atoms with Crippen LogP contribution < -0.4 is 14.8 Å². The van der Waals surface area contributed by atoms with Crippen molar-refractivity contribution in [2.24, 2.45) is 11.8 Å². The molecule has 6 heteroatoms. The minimum absolute atomic E-state index is 0.108. The predicted octanol–water partition coefficient (Wildman–Crippen LogP) is 2.27. The molecular formula is C19H27NO5. The summed E-state index contributed by atoms with van der Waals surface area (Å²) in [5.74, 6) is 1.96. The maximum atomic E-state index is 12.8. The summed E-state index contributed by atoms with van der Waals surface area (Å²) in [5.41, 5.74) is 0.528. The summed E-state index contributed by atoms with van der Waals surface area (Å²) < 4.78 is 21.7.